The zero-order valence-electron chi connectivity index (χ0n) is 14.2. The summed E-state index contributed by atoms with van der Waals surface area (Å²) in [6, 6.07) is 14.4. The van der Waals surface area contributed by atoms with E-state index in [1.54, 1.807) is 49.4 Å². The standard InChI is InChI=1S/C20H13ClFN3O2/c1-11-18-14(19(26)23-16-5-3-2-4-15(16)21)10-17(24-20(18)27-25-11)12-6-8-13(22)9-7-12/h2-10H,1H3,(H,23,26). The van der Waals surface area contributed by atoms with Gasteiger partial charge in [0, 0.05) is 5.56 Å². The lowest BCUT2D eigenvalue weighted by atomic mass is 10.0. The number of para-hydroxylation sites is 1. The molecule has 0 atom stereocenters. The maximum absolute atomic E-state index is 13.2. The molecule has 2 aromatic carbocycles. The van der Waals surface area contributed by atoms with Crippen molar-refractivity contribution in [3.05, 3.63) is 76.7 Å². The Labute approximate surface area is 158 Å². The molecular weight excluding hydrogens is 369 g/mol. The minimum absolute atomic E-state index is 0.235. The Hall–Kier alpha value is -3.25. The van der Waals surface area contributed by atoms with Crippen molar-refractivity contribution in [2.45, 2.75) is 6.92 Å². The van der Waals surface area contributed by atoms with Gasteiger partial charge in [0.15, 0.2) is 0 Å². The van der Waals surface area contributed by atoms with Gasteiger partial charge < -0.3 is 9.84 Å². The molecule has 5 nitrogen and oxygen atoms in total. The molecule has 0 aliphatic heterocycles. The van der Waals surface area contributed by atoms with Crippen molar-refractivity contribution in [1.82, 2.24) is 10.1 Å². The molecule has 7 heteroatoms. The molecule has 134 valence electrons. The molecule has 0 fully saturated rings. The summed E-state index contributed by atoms with van der Waals surface area (Å²) in [6.45, 7) is 1.73. The van der Waals surface area contributed by atoms with Gasteiger partial charge in [-0.1, -0.05) is 28.9 Å². The third-order valence-electron chi connectivity index (χ3n) is 4.12. The van der Waals surface area contributed by atoms with Crippen LogP contribution in [0.3, 0.4) is 0 Å². The van der Waals surface area contributed by atoms with Crippen LogP contribution in [0.15, 0.2) is 59.1 Å². The van der Waals surface area contributed by atoms with Gasteiger partial charge in [-0.2, -0.15) is 0 Å². The first-order valence-corrected chi connectivity index (χ1v) is 8.49. The van der Waals surface area contributed by atoms with Gasteiger partial charge in [0.25, 0.3) is 11.6 Å². The highest BCUT2D eigenvalue weighted by molar-refractivity contribution is 6.34. The van der Waals surface area contributed by atoms with Gasteiger partial charge in [-0.3, -0.25) is 4.79 Å². The number of aryl methyl sites for hydroxylation is 1. The summed E-state index contributed by atoms with van der Waals surface area (Å²) < 4.78 is 18.5. The van der Waals surface area contributed by atoms with Crippen molar-refractivity contribution >= 4 is 34.3 Å². The monoisotopic (exact) mass is 381 g/mol. The number of hydrogen-bond acceptors (Lipinski definition) is 4. The molecule has 2 heterocycles. The number of aromatic nitrogens is 2. The Balaban J connectivity index is 1.83. The third-order valence-corrected chi connectivity index (χ3v) is 4.45. The number of carbonyl (C=O) groups excluding carboxylic acids is 1. The summed E-state index contributed by atoms with van der Waals surface area (Å²) in [6.07, 6.45) is 0. The smallest absolute Gasteiger partial charge is 0.259 e. The van der Waals surface area contributed by atoms with Crippen LogP contribution < -0.4 is 5.32 Å². The van der Waals surface area contributed by atoms with Crippen molar-refractivity contribution in [3.63, 3.8) is 0 Å². The highest BCUT2D eigenvalue weighted by Gasteiger charge is 2.20. The summed E-state index contributed by atoms with van der Waals surface area (Å²) in [7, 11) is 0. The highest BCUT2D eigenvalue weighted by Crippen LogP contribution is 2.29. The first-order valence-electron chi connectivity index (χ1n) is 8.12. The second-order valence-electron chi connectivity index (χ2n) is 5.94. The van der Waals surface area contributed by atoms with Crippen LogP contribution in [0, 0.1) is 12.7 Å². The van der Waals surface area contributed by atoms with Crippen LogP contribution in [0.5, 0.6) is 0 Å². The maximum Gasteiger partial charge on any atom is 0.259 e. The van der Waals surface area contributed by atoms with E-state index < -0.39 is 0 Å². The van der Waals surface area contributed by atoms with E-state index in [1.807, 2.05) is 0 Å². The predicted octanol–water partition coefficient (Wildman–Crippen LogP) is 5.24. The predicted molar refractivity (Wildman–Crippen MR) is 101 cm³/mol. The molecule has 0 spiro atoms. The zero-order valence-corrected chi connectivity index (χ0v) is 14.9. The topological polar surface area (TPSA) is 68.0 Å². The van der Waals surface area contributed by atoms with Crippen LogP contribution >= 0.6 is 11.6 Å². The lowest BCUT2D eigenvalue weighted by molar-refractivity contribution is 0.102. The molecule has 0 saturated heterocycles. The van der Waals surface area contributed by atoms with Crippen LogP contribution in [0.2, 0.25) is 5.02 Å². The minimum atomic E-state index is -0.370. The summed E-state index contributed by atoms with van der Waals surface area (Å²) in [4.78, 5) is 17.3. The normalized spacial score (nSPS) is 10.9. The number of nitrogens with zero attached hydrogens (tertiary/aromatic N) is 2. The van der Waals surface area contributed by atoms with Gasteiger partial charge in [-0.05, 0) is 49.4 Å². The molecule has 4 aromatic rings. The van der Waals surface area contributed by atoms with E-state index >= 15 is 0 Å². The number of halogens is 2. The number of nitrogens with one attached hydrogen (secondary N) is 1. The molecule has 0 aliphatic carbocycles. The van der Waals surface area contributed by atoms with Gasteiger partial charge in [-0.25, -0.2) is 9.37 Å². The first kappa shape index (κ1) is 17.2. The number of hydrogen-bond donors (Lipinski definition) is 1. The Kier molecular flexibility index (Phi) is 4.33. The van der Waals surface area contributed by atoms with Crippen LogP contribution in [0.4, 0.5) is 10.1 Å². The van der Waals surface area contributed by atoms with E-state index in [0.29, 0.717) is 38.6 Å². The largest absolute Gasteiger partial charge is 0.335 e. The average molecular weight is 382 g/mol. The lowest BCUT2D eigenvalue weighted by Gasteiger charge is -2.09. The quantitative estimate of drug-likeness (QED) is 0.526. The van der Waals surface area contributed by atoms with Crippen LogP contribution in [-0.4, -0.2) is 16.0 Å². The summed E-state index contributed by atoms with van der Waals surface area (Å²) in [5.74, 6) is -0.725. The van der Waals surface area contributed by atoms with Gasteiger partial charge in [0.1, 0.15) is 5.82 Å². The fourth-order valence-electron chi connectivity index (χ4n) is 2.79. The zero-order chi connectivity index (χ0) is 19.0. The number of amides is 1. The molecule has 0 saturated carbocycles. The summed E-state index contributed by atoms with van der Waals surface area (Å²) in [5.41, 5.74) is 2.75. The molecule has 2 aromatic heterocycles. The Morgan fingerprint density at radius 2 is 1.89 bits per heavy atom. The number of rotatable bonds is 3. The van der Waals surface area contributed by atoms with E-state index in [4.69, 9.17) is 16.1 Å². The third kappa shape index (κ3) is 3.27. The SMILES string of the molecule is Cc1noc2nc(-c3ccc(F)cc3)cc(C(=O)Nc3ccccc3Cl)c12. The highest BCUT2D eigenvalue weighted by atomic mass is 35.5. The Morgan fingerprint density at radius 3 is 2.63 bits per heavy atom. The molecule has 4 rings (SSSR count). The number of benzene rings is 2. The van der Waals surface area contributed by atoms with E-state index in [-0.39, 0.29) is 17.4 Å². The van der Waals surface area contributed by atoms with Gasteiger partial charge >= 0.3 is 0 Å². The number of fused-ring (bicyclic) bond motifs is 1. The molecule has 0 unspecified atom stereocenters. The van der Waals surface area contributed by atoms with Gasteiger partial charge in [-0.15, -0.1) is 0 Å². The Morgan fingerprint density at radius 1 is 1.15 bits per heavy atom. The van der Waals surface area contributed by atoms with Crippen molar-refractivity contribution in [2.24, 2.45) is 0 Å². The fourth-order valence-corrected chi connectivity index (χ4v) is 2.98. The number of carbonyl (C=O) groups is 1. The average Bonchev–Trinajstić information content (AvgIpc) is 3.04. The van der Waals surface area contributed by atoms with Crippen molar-refractivity contribution in [1.29, 1.82) is 0 Å². The molecule has 1 N–H and O–H groups in total. The second kappa shape index (κ2) is 6.81. The number of pyridine rings is 1. The lowest BCUT2D eigenvalue weighted by Crippen LogP contribution is -2.13. The first-order chi connectivity index (χ1) is 13.0. The Bertz CT molecular complexity index is 1160. The van der Waals surface area contributed by atoms with E-state index in [9.17, 15) is 9.18 Å². The van der Waals surface area contributed by atoms with Crippen molar-refractivity contribution in [2.75, 3.05) is 5.32 Å². The molecule has 27 heavy (non-hydrogen) atoms. The van der Waals surface area contributed by atoms with Crippen molar-refractivity contribution < 1.29 is 13.7 Å². The maximum atomic E-state index is 13.2. The molecule has 0 aliphatic rings. The van der Waals surface area contributed by atoms with Crippen LogP contribution in [0.25, 0.3) is 22.4 Å². The molecular formula is C20H13ClFN3O2. The van der Waals surface area contributed by atoms with E-state index in [2.05, 4.69) is 15.5 Å². The second-order valence-corrected chi connectivity index (χ2v) is 6.35. The summed E-state index contributed by atoms with van der Waals surface area (Å²) >= 11 is 6.13. The van der Waals surface area contributed by atoms with Crippen LogP contribution in [-0.2, 0) is 0 Å². The van der Waals surface area contributed by atoms with Gasteiger partial charge in [0.2, 0.25) is 0 Å². The molecule has 0 radical (unpaired) electrons. The van der Waals surface area contributed by atoms with Crippen molar-refractivity contribution in [3.8, 4) is 11.3 Å². The number of anilines is 1. The summed E-state index contributed by atoms with van der Waals surface area (Å²) in [5, 5.41) is 7.65. The molecule has 1 amide bonds. The van der Waals surface area contributed by atoms with Gasteiger partial charge in [0.05, 0.1) is 33.0 Å². The molecule has 0 bridgehead atoms. The minimum Gasteiger partial charge on any atom is -0.335 e. The fraction of sp³-hybridized carbons (Fsp3) is 0.0500. The van der Waals surface area contributed by atoms with E-state index in [0.717, 1.165) is 0 Å². The van der Waals surface area contributed by atoms with E-state index in [1.165, 1.54) is 12.1 Å². The van der Waals surface area contributed by atoms with Crippen LogP contribution in [0.1, 0.15) is 16.1 Å².